The predicted molar refractivity (Wildman–Crippen MR) is 111 cm³/mol. The number of anilines is 1. The van der Waals surface area contributed by atoms with E-state index in [9.17, 15) is 14.4 Å². The minimum atomic E-state index is -1.51. The molecule has 2 fully saturated rings. The number of carbonyl (C=O) groups excluding carboxylic acids is 3. The van der Waals surface area contributed by atoms with E-state index in [1.807, 2.05) is 30.2 Å². The van der Waals surface area contributed by atoms with Crippen LogP contribution in [-0.4, -0.2) is 59.7 Å². The average molecular weight is 443 g/mol. The number of carbonyl (C=O) groups is 3. The van der Waals surface area contributed by atoms with Gasteiger partial charge in [0.05, 0.1) is 31.1 Å². The molecule has 31 heavy (non-hydrogen) atoms. The highest BCUT2D eigenvalue weighted by Gasteiger charge is 2.63. The minimum Gasteiger partial charge on any atom is -0.473 e. The fraction of sp³-hybridized carbons (Fsp3) is 0.450. The molecule has 11 heteroatoms. The van der Waals surface area contributed by atoms with Crippen molar-refractivity contribution < 1.29 is 23.9 Å². The number of urea groups is 1. The Morgan fingerprint density at radius 2 is 2.00 bits per heavy atom. The highest BCUT2D eigenvalue weighted by Crippen LogP contribution is 2.46. The first-order chi connectivity index (χ1) is 14.8. The van der Waals surface area contributed by atoms with Crippen molar-refractivity contribution in [3.8, 4) is 16.5 Å². The molecule has 1 spiro atoms. The molecule has 2 N–H and O–H groups in total. The van der Waals surface area contributed by atoms with E-state index >= 15 is 0 Å². The van der Waals surface area contributed by atoms with Crippen LogP contribution in [0.3, 0.4) is 0 Å². The molecule has 3 aliphatic rings. The Kier molecular flexibility index (Phi) is 4.48. The Labute approximate surface area is 182 Å². The summed E-state index contributed by atoms with van der Waals surface area (Å²) >= 11 is 1.37. The number of fused-ring (bicyclic) bond motifs is 4. The van der Waals surface area contributed by atoms with Crippen molar-refractivity contribution in [2.75, 3.05) is 18.6 Å². The molecular formula is C20H21N5O5S. The summed E-state index contributed by atoms with van der Waals surface area (Å²) in [5.41, 5.74) is 0.681. The van der Waals surface area contributed by atoms with Gasteiger partial charge in [0.1, 0.15) is 5.82 Å². The first-order valence-electron chi connectivity index (χ1n) is 9.91. The Hall–Kier alpha value is -3.05. The maximum atomic E-state index is 13.2. The molecule has 4 amide bonds. The minimum absolute atomic E-state index is 0.0959. The largest absolute Gasteiger partial charge is 0.473 e. The zero-order valence-electron chi connectivity index (χ0n) is 17.2. The van der Waals surface area contributed by atoms with Gasteiger partial charge in [-0.2, -0.15) is 0 Å². The van der Waals surface area contributed by atoms with Crippen LogP contribution in [0.5, 0.6) is 5.19 Å². The lowest BCUT2D eigenvalue weighted by Gasteiger charge is -2.54. The Bertz CT molecular complexity index is 1080. The molecule has 0 unspecified atom stereocenters. The fourth-order valence-corrected chi connectivity index (χ4v) is 5.57. The lowest BCUT2D eigenvalue weighted by atomic mass is 9.67. The molecule has 0 bridgehead atoms. The van der Waals surface area contributed by atoms with Gasteiger partial charge >= 0.3 is 6.03 Å². The number of hydrogen-bond donors (Lipinski definition) is 2. The van der Waals surface area contributed by atoms with Crippen molar-refractivity contribution >= 4 is 35.0 Å². The summed E-state index contributed by atoms with van der Waals surface area (Å²) in [7, 11) is 1.56. The number of imide groups is 2. The van der Waals surface area contributed by atoms with Crippen LogP contribution in [0, 0.1) is 5.41 Å². The molecule has 0 aromatic carbocycles. The number of pyridine rings is 1. The maximum Gasteiger partial charge on any atom is 0.328 e. The van der Waals surface area contributed by atoms with Crippen molar-refractivity contribution in [3.05, 3.63) is 23.2 Å². The van der Waals surface area contributed by atoms with Crippen LogP contribution >= 0.6 is 11.3 Å². The number of nitrogens with one attached hydrogen (secondary N) is 2. The molecule has 0 aliphatic carbocycles. The first kappa shape index (κ1) is 19.9. The number of nitrogens with zero attached hydrogens (tertiary/aromatic N) is 3. The molecule has 162 valence electrons. The molecule has 2 aromatic heterocycles. The number of methoxy groups -OCH3 is 1. The second kappa shape index (κ2) is 6.99. The SMILES string of the molecule is COc1nc(-c2cnc3c(c2)CC2(C(=O)NC(=O)NC2=O)[C@@H]2[C@@H](C)O[C@H](C)CN32)cs1. The van der Waals surface area contributed by atoms with Crippen LogP contribution in [0.1, 0.15) is 19.4 Å². The van der Waals surface area contributed by atoms with Gasteiger partial charge in [-0.15, -0.1) is 0 Å². The Morgan fingerprint density at radius 1 is 1.26 bits per heavy atom. The highest BCUT2D eigenvalue weighted by molar-refractivity contribution is 7.11. The molecular weight excluding hydrogens is 422 g/mol. The molecule has 3 atom stereocenters. The Balaban J connectivity index is 1.65. The van der Waals surface area contributed by atoms with Crippen LogP contribution < -0.4 is 20.3 Å². The van der Waals surface area contributed by atoms with Gasteiger partial charge in [0.2, 0.25) is 11.8 Å². The van der Waals surface area contributed by atoms with Crippen LogP contribution in [0.15, 0.2) is 17.6 Å². The maximum absolute atomic E-state index is 13.2. The van der Waals surface area contributed by atoms with Crippen LogP contribution in [0.4, 0.5) is 10.6 Å². The number of amides is 4. The molecule has 5 rings (SSSR count). The smallest absolute Gasteiger partial charge is 0.328 e. The standard InChI is InChI=1S/C20H21N5O5S/c1-9-7-25-14(10(2)30-9)20(16(26)23-18(28)24-17(20)27)5-11-4-12(6-21-15(11)25)13-8-31-19(22-13)29-3/h4,6,8-10,14H,5,7H2,1-3H3,(H2,23,24,26,27,28)/t9-,10-,14+/m1/s1. The molecule has 10 nitrogen and oxygen atoms in total. The van der Waals surface area contributed by atoms with Crippen molar-refractivity contribution in [1.82, 2.24) is 20.6 Å². The number of aromatic nitrogens is 2. The number of ether oxygens (including phenoxy) is 2. The molecule has 5 heterocycles. The van der Waals surface area contributed by atoms with E-state index in [2.05, 4.69) is 15.6 Å². The van der Waals surface area contributed by atoms with Gasteiger partial charge in [0.15, 0.2) is 5.41 Å². The van der Waals surface area contributed by atoms with E-state index < -0.39 is 35.4 Å². The van der Waals surface area contributed by atoms with Crippen molar-refractivity contribution in [3.63, 3.8) is 0 Å². The van der Waals surface area contributed by atoms with Gasteiger partial charge in [0.25, 0.3) is 5.19 Å². The van der Waals surface area contributed by atoms with Crippen molar-refractivity contribution in [2.45, 2.75) is 38.5 Å². The van der Waals surface area contributed by atoms with Crippen molar-refractivity contribution in [2.24, 2.45) is 5.41 Å². The fourth-order valence-electron chi connectivity index (χ4n) is 4.93. The highest BCUT2D eigenvalue weighted by atomic mass is 32.1. The number of rotatable bonds is 2. The van der Waals surface area contributed by atoms with Crippen LogP contribution in [0.25, 0.3) is 11.3 Å². The van der Waals surface area contributed by atoms with Gasteiger partial charge in [-0.1, -0.05) is 11.3 Å². The average Bonchev–Trinajstić information content (AvgIpc) is 3.20. The lowest BCUT2D eigenvalue weighted by Crippen LogP contribution is -2.75. The zero-order valence-corrected chi connectivity index (χ0v) is 18.0. The topological polar surface area (TPSA) is 123 Å². The third-order valence-electron chi connectivity index (χ3n) is 6.09. The normalized spacial score (nSPS) is 26.7. The number of thiazole rings is 1. The van der Waals surface area contributed by atoms with Crippen LogP contribution in [-0.2, 0) is 20.7 Å². The number of hydrogen-bond acceptors (Lipinski definition) is 9. The van der Waals surface area contributed by atoms with Gasteiger partial charge in [-0.25, -0.2) is 14.8 Å². The lowest BCUT2D eigenvalue weighted by molar-refractivity contribution is -0.153. The first-order valence-corrected chi connectivity index (χ1v) is 10.8. The summed E-state index contributed by atoms with van der Waals surface area (Å²) in [5.74, 6) is -0.527. The zero-order chi connectivity index (χ0) is 21.9. The van der Waals surface area contributed by atoms with Gasteiger partial charge in [0, 0.05) is 30.1 Å². The molecule has 3 aliphatic heterocycles. The van der Waals surface area contributed by atoms with Crippen molar-refractivity contribution in [1.29, 1.82) is 0 Å². The monoisotopic (exact) mass is 443 g/mol. The third kappa shape index (κ3) is 2.91. The van der Waals surface area contributed by atoms with E-state index in [1.165, 1.54) is 11.3 Å². The molecule has 0 saturated carbocycles. The molecule has 2 aromatic rings. The Morgan fingerprint density at radius 3 is 2.68 bits per heavy atom. The number of morpholine rings is 1. The summed E-state index contributed by atoms with van der Waals surface area (Å²) in [6, 6.07) is 0.496. The van der Waals surface area contributed by atoms with E-state index in [4.69, 9.17) is 14.5 Å². The quantitative estimate of drug-likeness (QED) is 0.662. The second-order valence-corrected chi connectivity index (χ2v) is 8.86. The van der Waals surface area contributed by atoms with Gasteiger partial charge in [-0.3, -0.25) is 20.2 Å². The van der Waals surface area contributed by atoms with E-state index in [0.717, 1.165) is 11.1 Å². The second-order valence-electron chi connectivity index (χ2n) is 8.04. The molecule has 2 saturated heterocycles. The van der Waals surface area contributed by atoms with Gasteiger partial charge < -0.3 is 14.4 Å². The van der Waals surface area contributed by atoms with Crippen LogP contribution in [0.2, 0.25) is 0 Å². The summed E-state index contributed by atoms with van der Waals surface area (Å²) in [4.78, 5) is 49.2. The summed E-state index contributed by atoms with van der Waals surface area (Å²) < 4.78 is 11.2. The molecule has 0 radical (unpaired) electrons. The third-order valence-corrected chi connectivity index (χ3v) is 6.89. The van der Waals surface area contributed by atoms with E-state index in [1.54, 1.807) is 13.3 Å². The summed E-state index contributed by atoms with van der Waals surface area (Å²) in [6.07, 6.45) is 1.29. The number of barbiturate groups is 1. The van der Waals surface area contributed by atoms with E-state index in [-0.39, 0.29) is 12.5 Å². The summed E-state index contributed by atoms with van der Waals surface area (Å²) in [6.45, 7) is 4.25. The van der Waals surface area contributed by atoms with Gasteiger partial charge in [-0.05, 0) is 25.5 Å². The predicted octanol–water partition coefficient (Wildman–Crippen LogP) is 1.10. The van der Waals surface area contributed by atoms with E-state index in [0.29, 0.717) is 23.3 Å². The summed E-state index contributed by atoms with van der Waals surface area (Å²) in [5, 5.41) is 6.96.